The van der Waals surface area contributed by atoms with Crippen molar-refractivity contribution >= 4 is 87.1 Å². The quantitative estimate of drug-likeness (QED) is 0.0118. The summed E-state index contributed by atoms with van der Waals surface area (Å²) in [6, 6.07) is 4.91. The Bertz CT molecular complexity index is 3390. The van der Waals surface area contributed by atoms with E-state index in [4.69, 9.17) is 0 Å². The van der Waals surface area contributed by atoms with Crippen LogP contribution in [0, 0.1) is 17.8 Å². The molecule has 0 saturated carbocycles. The van der Waals surface area contributed by atoms with E-state index in [-0.39, 0.29) is 54.0 Å². The van der Waals surface area contributed by atoms with Crippen molar-refractivity contribution in [3.8, 4) is 0 Å². The molecule has 0 aromatic heterocycles. The Kier molecular flexibility index (Phi) is 79.4. The minimum Gasteiger partial charge on any atom is -0.388 e. The van der Waals surface area contributed by atoms with E-state index in [1.165, 1.54) is 12.2 Å². The zero-order valence-electron chi connectivity index (χ0n) is 100.0. The predicted octanol–water partition coefficient (Wildman–Crippen LogP) is 22.1. The number of rotatable bonds is 39. The molecule has 0 aromatic rings. The third-order valence-corrected chi connectivity index (χ3v) is 38.4. The number of nitrogens with zero attached hydrogens (tertiary/aromatic N) is 15. The molecule has 7 atom stereocenters. The van der Waals surface area contributed by atoms with Crippen LogP contribution >= 0.6 is 0 Å². The van der Waals surface area contributed by atoms with Gasteiger partial charge in [-0.2, -0.15) is 20.4 Å². The lowest BCUT2D eigenvalue weighted by molar-refractivity contribution is 0.0185. The molecule has 7 unspecified atom stereocenters. The van der Waals surface area contributed by atoms with E-state index in [0.717, 1.165) is 88.8 Å². The third-order valence-electron chi connectivity index (χ3n) is 25.4. The predicted molar refractivity (Wildman–Crippen MR) is 611 cm³/mol. The summed E-state index contributed by atoms with van der Waals surface area (Å²) in [5.41, 5.74) is 2.56. The average Bonchev–Trinajstić information content (AvgIpc) is 0.803. The van der Waals surface area contributed by atoms with E-state index in [2.05, 4.69) is 142 Å². The summed E-state index contributed by atoms with van der Waals surface area (Å²) in [5, 5.41) is 132. The van der Waals surface area contributed by atoms with Gasteiger partial charge in [-0.15, -0.1) is 0 Å². The second-order valence-corrected chi connectivity index (χ2v) is 59.6. The van der Waals surface area contributed by atoms with Crippen LogP contribution in [0.15, 0.2) is 80.7 Å². The summed E-state index contributed by atoms with van der Waals surface area (Å²) in [6.45, 7) is 113. The van der Waals surface area contributed by atoms with Crippen molar-refractivity contribution in [2.24, 2.45) is 73.1 Å². The minimum absolute atomic E-state index is 0.199. The smallest absolute Gasteiger partial charge is 0.117 e. The van der Waals surface area contributed by atoms with Crippen LogP contribution in [0.5, 0.6) is 0 Å². The minimum atomic E-state index is -1.65. The first-order chi connectivity index (χ1) is 60.1. The Balaban J connectivity index is -0.000000140. The Morgan fingerprint density at radius 1 is 0.289 bits per heavy atom. The molecule has 0 fully saturated rings. The van der Waals surface area contributed by atoms with Crippen molar-refractivity contribution in [1.29, 1.82) is 0 Å². The highest BCUT2D eigenvalue weighted by molar-refractivity contribution is 6.85. The van der Waals surface area contributed by atoms with Crippen LogP contribution in [-0.2, 0) is 0 Å². The molecule has 0 saturated heterocycles. The van der Waals surface area contributed by atoms with Gasteiger partial charge in [-0.05, 0) is 278 Å². The number of hydrogen-bond acceptors (Lipinski definition) is 26. The van der Waals surface area contributed by atoms with Crippen LogP contribution in [0.3, 0.4) is 0 Å². The molecule has 0 aliphatic rings. The van der Waals surface area contributed by atoms with Crippen LogP contribution in [0.4, 0.5) is 0 Å². The third kappa shape index (κ3) is 63.0. The Morgan fingerprint density at radius 3 is 0.763 bits per heavy atom. The molecular weight excluding hydrogens is 1740 g/mol. The van der Waals surface area contributed by atoms with E-state index in [1.54, 1.807) is 68.5 Å². The fraction of sp³-hybridized carbons (Fsp3) is 0.858. The zero-order valence-corrected chi connectivity index (χ0v) is 103. The summed E-state index contributed by atoms with van der Waals surface area (Å²) in [7, 11) is 9.93. The molecule has 0 rings (SSSR count). The Morgan fingerprint density at radius 2 is 0.533 bits per heavy atom. The highest BCUT2D eigenvalue weighted by Crippen LogP contribution is 2.35. The van der Waals surface area contributed by atoms with Crippen LogP contribution < -0.4 is 0 Å². The number of aliphatic hydroxyl groups is 11. The van der Waals surface area contributed by atoms with Gasteiger partial charge in [0.05, 0.1) is 68.3 Å². The van der Waals surface area contributed by atoms with Crippen LogP contribution in [-0.4, -0.2) is 323 Å². The lowest BCUT2D eigenvalue weighted by atomic mass is 9.77. The van der Waals surface area contributed by atoms with Crippen LogP contribution in [0.25, 0.3) is 0 Å². The van der Waals surface area contributed by atoms with Gasteiger partial charge in [0.25, 0.3) is 0 Å². The van der Waals surface area contributed by atoms with Crippen molar-refractivity contribution in [1.82, 2.24) is 20.0 Å². The topological polar surface area (TPSA) is 371 Å². The first-order valence-corrected chi connectivity index (χ1v) is 59.7. The van der Waals surface area contributed by atoms with Gasteiger partial charge in [-0.25, -0.2) is 0 Å². The summed E-state index contributed by atoms with van der Waals surface area (Å²) in [5.74, 6) is 0.620. The van der Waals surface area contributed by atoms with Crippen molar-refractivity contribution < 1.29 is 56.2 Å². The highest BCUT2D eigenvalue weighted by Gasteiger charge is 2.48. The second kappa shape index (κ2) is 70.0. The van der Waals surface area contributed by atoms with Gasteiger partial charge in [0.15, 0.2) is 0 Å². The molecule has 0 amide bonds. The molecule has 0 spiro atoms. The van der Waals surface area contributed by atoms with E-state index in [9.17, 15) is 56.2 Å². The lowest BCUT2D eigenvalue weighted by Crippen LogP contribution is -2.59. The van der Waals surface area contributed by atoms with Crippen LogP contribution in [0.1, 0.15) is 364 Å². The molecular formula is C106H229N15O11Si3. The maximum absolute atomic E-state index is 10.9. The van der Waals surface area contributed by atoms with E-state index < -0.39 is 84.7 Å². The van der Waals surface area contributed by atoms with Gasteiger partial charge in [0.1, 0.15) is 39.2 Å². The van der Waals surface area contributed by atoms with Gasteiger partial charge >= 0.3 is 0 Å². The molecule has 0 aliphatic carbocycles. The Hall–Kier alpha value is -4.74. The lowest BCUT2D eigenvalue weighted by Gasteiger charge is -2.42. The first-order valence-electron chi connectivity index (χ1n) is 50.1. The molecule has 0 aliphatic heterocycles. The standard InChI is InChI=1S/C13H29NOSi.C12H25NO.C11H23NO.C10H23NOSi.C10H21NO.C9H22N2OSi.C9H20N2O.C9H17NO.C8H18N2O.C8H15NO.C7H16N2O/c1-8-16(9-2,10-3)13(7,15)12(6)14-11(4)5;1-8(2)12(14,9(3)4)11(7)13-10(5)6;1-7-11(13,8(2)3)10(6)12-9(4)5;1-8(2)11-9(3)10(4,12)13(5,6)7;1-6-10(12,7-2)9(5)11-8(3)4;1-8(10-11(3)4)9(2,12)13(5,6)7;1-6-9(12,7-2)8(3)10-11(4)5;1-6-9(5,11)8(4)10-7(2)3;1-6-8(3,11)7(2)9-10(4)5;1-5-8(4,10)7(3)9-6-2;1-6(7(2,3)10)8-9(4)5/h11,15H,8-10H2,1-7H3;8-10,14H,1-7H3;8-9,13H,7H2,1-6H3;8,12H,1-7H3;8,12H,6-7H2,1-5H3;12H,1-7H3;12H,6-7H2,1-5H3;6-7,11H,1H2,2-5H3;11H,6H2,1-5H3;5,10H,1,6H2,2-4H3;10H,1-5H3. The van der Waals surface area contributed by atoms with Crippen LogP contribution in [0.2, 0.25) is 57.4 Å². The normalized spacial score (nSPS) is 16.7. The van der Waals surface area contributed by atoms with Crippen molar-refractivity contribution in [3.63, 3.8) is 0 Å². The summed E-state index contributed by atoms with van der Waals surface area (Å²) in [6.07, 6.45) is 7.31. The maximum atomic E-state index is 10.9. The van der Waals surface area contributed by atoms with Crippen molar-refractivity contribution in [2.75, 3.05) is 62.9 Å². The molecule has 0 bridgehead atoms. The molecule has 0 heterocycles. The molecule has 29 heteroatoms. The molecule has 0 aromatic carbocycles. The van der Waals surface area contributed by atoms with Crippen molar-refractivity contribution in [2.45, 2.75) is 518 Å². The summed E-state index contributed by atoms with van der Waals surface area (Å²) in [4.78, 5) is 30.5. The molecule has 135 heavy (non-hydrogen) atoms. The van der Waals surface area contributed by atoms with Gasteiger partial charge in [-0.3, -0.25) is 34.9 Å². The fourth-order valence-electron chi connectivity index (χ4n) is 13.0. The van der Waals surface area contributed by atoms with E-state index >= 15 is 0 Å². The summed E-state index contributed by atoms with van der Waals surface area (Å²) >= 11 is 0. The Labute approximate surface area is 837 Å². The molecule has 806 valence electrons. The van der Waals surface area contributed by atoms with Gasteiger partial charge < -0.3 is 76.2 Å². The van der Waals surface area contributed by atoms with Crippen molar-refractivity contribution in [3.05, 3.63) is 25.3 Å². The summed E-state index contributed by atoms with van der Waals surface area (Å²) < 4.78 is 0. The average molecular weight is 1970 g/mol. The molecule has 26 nitrogen and oxygen atoms in total. The maximum Gasteiger partial charge on any atom is 0.117 e. The second-order valence-electron chi connectivity index (χ2n) is 43.0. The monoisotopic (exact) mass is 1970 g/mol. The SMILES string of the molecule is C=CC(C)(O)C(C)=NC(C)C.C=CC(C)(O)C(C)=NCC.CC(=NC(C)C)C(C)(O)[Si](C)(C)C.CC(=NC(C)C)C(O)(C(C)C)C(C)C.CC(=NN(C)C)C(C)(C)O.CC(=NN(C)C)C(C)(O)[Si](C)(C)C.CCC(C)(O)C(C)=NN(C)C.CCC(O)(C(C)=NC(C)C)C(C)C.CCC(O)(CC)C(C)=NC(C)C.CCC(O)(CC)C(C)=NN(C)C.CC[Si](CC)(CC)C(C)(O)C(C)=NC(C)C. The number of aliphatic imine (C=N–C) groups is 7. The highest BCUT2D eigenvalue weighted by atomic mass is 28.3. The number of hydrogen-bond donors (Lipinski definition) is 11. The van der Waals surface area contributed by atoms with Gasteiger partial charge in [-0.1, -0.05) is 187 Å². The van der Waals surface area contributed by atoms with Gasteiger partial charge in [0, 0.05) is 139 Å². The van der Waals surface area contributed by atoms with E-state index in [0.29, 0.717) is 37.2 Å². The van der Waals surface area contributed by atoms with Gasteiger partial charge in [0.2, 0.25) is 0 Å². The fourth-order valence-corrected chi connectivity index (χ4v) is 19.7. The molecule has 11 N–H and O–H groups in total. The molecule has 0 radical (unpaired) electrons. The zero-order chi connectivity index (χ0) is 111. The number of hydrazone groups is 4. The largest absolute Gasteiger partial charge is 0.388 e. The first kappa shape index (κ1) is 153. The van der Waals surface area contributed by atoms with E-state index in [1.807, 2.05) is 299 Å².